The third-order valence-electron chi connectivity index (χ3n) is 5.67. The van der Waals surface area contributed by atoms with E-state index in [2.05, 4.69) is 15.9 Å². The summed E-state index contributed by atoms with van der Waals surface area (Å²) < 4.78 is 134. The number of ketones is 2. The van der Waals surface area contributed by atoms with Crippen LogP contribution < -0.4 is 0 Å². The van der Waals surface area contributed by atoms with Crippen LogP contribution in [0.5, 0.6) is 0 Å². The fourth-order valence-electron chi connectivity index (χ4n) is 3.77. The molecule has 40 heavy (non-hydrogen) atoms. The highest BCUT2D eigenvalue weighted by atomic mass is 79.9. The third-order valence-corrected chi connectivity index (χ3v) is 6.90. The Balaban J connectivity index is 2.36. The second-order valence-corrected chi connectivity index (χ2v) is 10.3. The van der Waals surface area contributed by atoms with Crippen LogP contribution >= 0.6 is 27.5 Å². The highest BCUT2D eigenvalue weighted by Crippen LogP contribution is 2.41. The molecule has 0 fully saturated rings. The Kier molecular flexibility index (Phi) is 11.0. The van der Waals surface area contributed by atoms with Crippen molar-refractivity contribution in [1.82, 2.24) is 0 Å². The molecule has 0 amide bonds. The lowest BCUT2D eigenvalue weighted by molar-refractivity contribution is -0.143. The van der Waals surface area contributed by atoms with Crippen LogP contribution in [0.4, 0.5) is 43.9 Å². The van der Waals surface area contributed by atoms with Gasteiger partial charge in [-0.05, 0) is 51.7 Å². The van der Waals surface area contributed by atoms with Crippen LogP contribution in [0.3, 0.4) is 0 Å². The van der Waals surface area contributed by atoms with Gasteiger partial charge < -0.3 is 0 Å². The number of carbonyl (C=O) groups excluding carboxylic acids is 2. The van der Waals surface area contributed by atoms with E-state index in [1.807, 2.05) is 0 Å². The van der Waals surface area contributed by atoms with E-state index in [9.17, 15) is 53.5 Å². The Morgan fingerprint density at radius 2 is 1.57 bits per heavy atom. The summed E-state index contributed by atoms with van der Waals surface area (Å²) in [7, 11) is 0. The number of hydrogen-bond donors (Lipinski definition) is 0. The summed E-state index contributed by atoms with van der Waals surface area (Å²) in [5, 5.41) is -0.112. The Hall–Kier alpha value is -2.41. The van der Waals surface area contributed by atoms with Gasteiger partial charge in [-0.2, -0.15) is 39.5 Å². The van der Waals surface area contributed by atoms with E-state index in [4.69, 9.17) is 11.6 Å². The third kappa shape index (κ3) is 9.90. The molecule has 0 aliphatic rings. The molecule has 2 aromatic carbocycles. The molecule has 0 N–H and O–H groups in total. The average Bonchev–Trinajstić information content (AvgIpc) is 2.80. The Bertz CT molecular complexity index is 1270. The maximum Gasteiger partial charge on any atom is 0.417 e. The van der Waals surface area contributed by atoms with Gasteiger partial charge in [0.15, 0.2) is 5.78 Å². The molecule has 0 saturated heterocycles. The molecule has 2 atom stereocenters. The van der Waals surface area contributed by atoms with Gasteiger partial charge in [0.25, 0.3) is 0 Å². The molecular weight excluding hydrogens is 650 g/mol. The van der Waals surface area contributed by atoms with Gasteiger partial charge in [0.1, 0.15) is 17.5 Å². The highest BCUT2D eigenvalue weighted by Gasteiger charge is 2.41. The minimum Gasteiger partial charge on any atom is -0.300 e. The van der Waals surface area contributed by atoms with Gasteiger partial charge in [-0.15, -0.1) is 0 Å². The molecule has 2 rings (SSSR count). The molecule has 0 bridgehead atoms. The van der Waals surface area contributed by atoms with Crippen LogP contribution in [0, 0.1) is 5.92 Å². The van der Waals surface area contributed by atoms with Crippen LogP contribution in [0.15, 0.2) is 46.9 Å². The summed E-state index contributed by atoms with van der Waals surface area (Å²) in [6, 6.07) is 4.62. The number of rotatable bonds is 10. The lowest BCUT2D eigenvalue weighted by Crippen LogP contribution is -2.19. The van der Waals surface area contributed by atoms with Crippen LogP contribution in [0.2, 0.25) is 5.02 Å². The predicted octanol–water partition coefficient (Wildman–Crippen LogP) is 10.3. The van der Waals surface area contributed by atoms with Crippen molar-refractivity contribution in [3.8, 4) is 0 Å². The Morgan fingerprint density at radius 3 is 2.10 bits per heavy atom. The number of allylic oxidation sites excluding steroid dienone is 1. The molecule has 2 aromatic rings. The SMILES string of the molecule is C[C@H](CC(=O)CCC(F)(F)F)CC(=O)c1ccc(/C(F)=C/C(c2ccc(Br)c(Cl)c2)C(F)(F)F)cc1C(F)(F)F. The van der Waals surface area contributed by atoms with Crippen LogP contribution in [-0.2, 0) is 11.0 Å². The monoisotopic (exact) mass is 668 g/mol. The van der Waals surface area contributed by atoms with Gasteiger partial charge >= 0.3 is 18.5 Å². The summed E-state index contributed by atoms with van der Waals surface area (Å²) >= 11 is 8.83. The lowest BCUT2D eigenvalue weighted by Gasteiger charge is -2.19. The summed E-state index contributed by atoms with van der Waals surface area (Å²) in [4.78, 5) is 24.3. The van der Waals surface area contributed by atoms with E-state index in [0.717, 1.165) is 12.1 Å². The summed E-state index contributed by atoms with van der Waals surface area (Å²) in [5.41, 5.74) is -3.90. The van der Waals surface area contributed by atoms with E-state index < -0.39 is 95.7 Å². The number of hydrogen-bond acceptors (Lipinski definition) is 2. The van der Waals surface area contributed by atoms with Crippen LogP contribution in [0.25, 0.3) is 5.83 Å². The Labute approximate surface area is 235 Å². The molecule has 0 aliphatic carbocycles. The fraction of sp³-hybridized carbons (Fsp3) is 0.385. The summed E-state index contributed by atoms with van der Waals surface area (Å²) in [6.07, 6.45) is -18.1. The Morgan fingerprint density at radius 1 is 0.950 bits per heavy atom. The van der Waals surface area contributed by atoms with Gasteiger partial charge in [0, 0.05) is 34.9 Å². The van der Waals surface area contributed by atoms with Crippen molar-refractivity contribution in [3.63, 3.8) is 0 Å². The first-order valence-electron chi connectivity index (χ1n) is 11.4. The van der Waals surface area contributed by atoms with E-state index in [0.29, 0.717) is 12.1 Å². The molecule has 0 saturated carbocycles. The largest absolute Gasteiger partial charge is 0.417 e. The van der Waals surface area contributed by atoms with E-state index >= 15 is 0 Å². The lowest BCUT2D eigenvalue weighted by atomic mass is 9.91. The molecule has 2 nitrogen and oxygen atoms in total. The molecule has 1 unspecified atom stereocenters. The zero-order valence-electron chi connectivity index (χ0n) is 20.4. The molecule has 0 heterocycles. The minimum atomic E-state index is -5.21. The van der Waals surface area contributed by atoms with E-state index in [-0.39, 0.29) is 21.6 Å². The molecule has 0 spiro atoms. The molecule has 14 heteroatoms. The van der Waals surface area contributed by atoms with Crippen molar-refractivity contribution in [1.29, 1.82) is 0 Å². The summed E-state index contributed by atoms with van der Waals surface area (Å²) in [5.74, 6) is -7.07. The number of carbonyl (C=O) groups is 2. The first kappa shape index (κ1) is 33.8. The minimum absolute atomic E-state index is 0.0885. The first-order chi connectivity index (χ1) is 18.2. The van der Waals surface area contributed by atoms with Gasteiger partial charge in [0.05, 0.1) is 17.0 Å². The zero-order chi connectivity index (χ0) is 30.6. The molecule has 0 radical (unpaired) electrons. The number of benzene rings is 2. The molecular formula is C26H20BrClF10O2. The standard InChI is InChI=1S/C26H20BrClF10O2/c1-13(8-16(39)6-7-24(30,31)32)9-23(40)17-4-2-15(10-19(17)26(36,37)38)22(29)12-18(25(33,34)35)14-3-5-20(27)21(28)11-14/h2-5,10-13,18H,6-9H2,1H3/b22-12-/t13-,18?/m1/s1. The molecule has 220 valence electrons. The molecule has 0 aromatic heterocycles. The van der Waals surface area contributed by atoms with Crippen LogP contribution in [-0.4, -0.2) is 23.9 Å². The normalized spacial score (nSPS) is 14.7. The quantitative estimate of drug-likeness (QED) is 0.186. The van der Waals surface area contributed by atoms with Crippen molar-refractivity contribution < 1.29 is 53.5 Å². The number of Topliss-reactive ketones (excluding diaryl/α,β-unsaturated/α-hetero) is 2. The topological polar surface area (TPSA) is 34.1 Å². The maximum atomic E-state index is 14.9. The first-order valence-corrected chi connectivity index (χ1v) is 12.6. The van der Waals surface area contributed by atoms with Gasteiger partial charge in [0.2, 0.25) is 0 Å². The fourth-order valence-corrected chi connectivity index (χ4v) is 4.20. The van der Waals surface area contributed by atoms with Crippen LogP contribution in [0.1, 0.15) is 65.6 Å². The van der Waals surface area contributed by atoms with Gasteiger partial charge in [-0.1, -0.05) is 36.7 Å². The van der Waals surface area contributed by atoms with Crippen molar-refractivity contribution in [2.24, 2.45) is 5.92 Å². The van der Waals surface area contributed by atoms with E-state index in [1.54, 1.807) is 0 Å². The molecule has 0 aliphatic heterocycles. The predicted molar refractivity (Wildman–Crippen MR) is 132 cm³/mol. The second-order valence-electron chi connectivity index (χ2n) is 9.06. The van der Waals surface area contributed by atoms with Crippen molar-refractivity contribution in [3.05, 3.63) is 74.2 Å². The van der Waals surface area contributed by atoms with Crippen molar-refractivity contribution >= 4 is 44.9 Å². The zero-order valence-corrected chi connectivity index (χ0v) is 22.7. The van der Waals surface area contributed by atoms with Crippen molar-refractivity contribution in [2.45, 2.75) is 57.1 Å². The van der Waals surface area contributed by atoms with Gasteiger partial charge in [-0.3, -0.25) is 9.59 Å². The number of alkyl halides is 9. The van der Waals surface area contributed by atoms with E-state index in [1.165, 1.54) is 13.0 Å². The second kappa shape index (κ2) is 13.1. The average molecular weight is 670 g/mol. The number of halogens is 12. The summed E-state index contributed by atoms with van der Waals surface area (Å²) in [6.45, 7) is 1.29. The van der Waals surface area contributed by atoms with Crippen molar-refractivity contribution in [2.75, 3.05) is 0 Å². The van der Waals surface area contributed by atoms with Gasteiger partial charge in [-0.25, -0.2) is 4.39 Å². The highest BCUT2D eigenvalue weighted by molar-refractivity contribution is 9.10. The maximum absolute atomic E-state index is 14.9. The smallest absolute Gasteiger partial charge is 0.300 e.